The van der Waals surface area contributed by atoms with E-state index in [9.17, 15) is 5.11 Å². The van der Waals surface area contributed by atoms with Gasteiger partial charge in [-0.25, -0.2) is 0 Å². The first-order valence-corrected chi connectivity index (χ1v) is 8.14. The minimum atomic E-state index is -0.680. The zero-order chi connectivity index (χ0) is 14.8. The molecule has 0 aromatic heterocycles. The number of unbranched alkanes of at least 4 members (excludes halogenated alkanes) is 2. The van der Waals surface area contributed by atoms with Gasteiger partial charge in [-0.15, -0.1) is 0 Å². The molecule has 2 heteroatoms. The minimum Gasteiger partial charge on any atom is -0.388 e. The summed E-state index contributed by atoms with van der Waals surface area (Å²) in [6, 6.07) is 10.3. The SMILES string of the molecule is CCCCC(O)(CCCC)C(N)CCc1ccccc1. The average molecular weight is 277 g/mol. The van der Waals surface area contributed by atoms with Crippen LogP contribution in [0.2, 0.25) is 0 Å². The van der Waals surface area contributed by atoms with Gasteiger partial charge in [0.1, 0.15) is 0 Å². The molecule has 0 aliphatic heterocycles. The molecule has 0 bridgehead atoms. The summed E-state index contributed by atoms with van der Waals surface area (Å²) >= 11 is 0. The molecule has 2 nitrogen and oxygen atoms in total. The van der Waals surface area contributed by atoms with Crippen LogP contribution in [0.1, 0.15) is 64.4 Å². The largest absolute Gasteiger partial charge is 0.388 e. The molecule has 0 amide bonds. The maximum absolute atomic E-state index is 10.9. The fourth-order valence-corrected chi connectivity index (χ4v) is 2.70. The predicted molar refractivity (Wildman–Crippen MR) is 86.7 cm³/mol. The van der Waals surface area contributed by atoms with Crippen molar-refractivity contribution in [2.24, 2.45) is 5.73 Å². The second-order valence-electron chi connectivity index (χ2n) is 5.94. The summed E-state index contributed by atoms with van der Waals surface area (Å²) in [6.07, 6.45) is 7.80. The van der Waals surface area contributed by atoms with Gasteiger partial charge >= 0.3 is 0 Å². The van der Waals surface area contributed by atoms with Crippen LogP contribution in [0.3, 0.4) is 0 Å². The van der Waals surface area contributed by atoms with Gasteiger partial charge in [0, 0.05) is 6.04 Å². The molecule has 3 N–H and O–H groups in total. The summed E-state index contributed by atoms with van der Waals surface area (Å²) in [7, 11) is 0. The van der Waals surface area contributed by atoms with Gasteiger partial charge in [0.25, 0.3) is 0 Å². The van der Waals surface area contributed by atoms with Gasteiger partial charge < -0.3 is 10.8 Å². The number of hydrogen-bond donors (Lipinski definition) is 2. The van der Waals surface area contributed by atoms with E-state index in [-0.39, 0.29) is 6.04 Å². The molecule has 0 fully saturated rings. The highest BCUT2D eigenvalue weighted by Crippen LogP contribution is 2.26. The van der Waals surface area contributed by atoms with Crippen LogP contribution in [-0.4, -0.2) is 16.7 Å². The number of nitrogens with two attached hydrogens (primary N) is 1. The van der Waals surface area contributed by atoms with Gasteiger partial charge in [-0.1, -0.05) is 69.9 Å². The van der Waals surface area contributed by atoms with E-state index in [1.165, 1.54) is 5.56 Å². The summed E-state index contributed by atoms with van der Waals surface area (Å²) in [5, 5.41) is 10.9. The Hall–Kier alpha value is -0.860. The molecule has 0 heterocycles. The van der Waals surface area contributed by atoms with Gasteiger partial charge in [-0.3, -0.25) is 0 Å². The van der Waals surface area contributed by atoms with Gasteiger partial charge in [0.15, 0.2) is 0 Å². The van der Waals surface area contributed by atoms with E-state index < -0.39 is 5.60 Å². The number of aliphatic hydroxyl groups is 1. The molecule has 0 spiro atoms. The third-order valence-electron chi connectivity index (χ3n) is 4.20. The standard InChI is InChI=1S/C18H31NO/c1-3-5-14-18(20,15-6-4-2)17(19)13-12-16-10-8-7-9-11-16/h7-11,17,20H,3-6,12-15,19H2,1-2H3. The van der Waals surface area contributed by atoms with Crippen LogP contribution in [0, 0.1) is 0 Å². The molecule has 0 aliphatic carbocycles. The molecule has 0 aliphatic rings. The number of aryl methyl sites for hydroxylation is 1. The number of hydrogen-bond acceptors (Lipinski definition) is 2. The summed E-state index contributed by atoms with van der Waals surface area (Å²) in [6.45, 7) is 4.32. The molecule has 1 aromatic rings. The Morgan fingerprint density at radius 3 is 2.10 bits per heavy atom. The molecule has 20 heavy (non-hydrogen) atoms. The highest BCUT2D eigenvalue weighted by Gasteiger charge is 2.32. The van der Waals surface area contributed by atoms with Crippen molar-refractivity contribution in [3.05, 3.63) is 35.9 Å². The van der Waals surface area contributed by atoms with Crippen molar-refractivity contribution in [3.8, 4) is 0 Å². The first-order chi connectivity index (χ1) is 9.62. The van der Waals surface area contributed by atoms with Crippen molar-refractivity contribution in [1.29, 1.82) is 0 Å². The average Bonchev–Trinajstić information content (AvgIpc) is 2.49. The second kappa shape index (κ2) is 9.15. The lowest BCUT2D eigenvalue weighted by atomic mass is 9.82. The van der Waals surface area contributed by atoms with Crippen molar-refractivity contribution in [3.63, 3.8) is 0 Å². The maximum atomic E-state index is 10.9. The lowest BCUT2D eigenvalue weighted by Crippen LogP contribution is -2.48. The summed E-state index contributed by atoms with van der Waals surface area (Å²) in [4.78, 5) is 0. The highest BCUT2D eigenvalue weighted by atomic mass is 16.3. The second-order valence-corrected chi connectivity index (χ2v) is 5.94. The molecule has 1 rings (SSSR count). The lowest BCUT2D eigenvalue weighted by Gasteiger charge is -2.34. The fourth-order valence-electron chi connectivity index (χ4n) is 2.70. The molecule has 0 radical (unpaired) electrons. The number of rotatable bonds is 10. The van der Waals surface area contributed by atoms with E-state index in [4.69, 9.17) is 5.73 Å². The third kappa shape index (κ3) is 5.64. The van der Waals surface area contributed by atoms with Crippen molar-refractivity contribution < 1.29 is 5.11 Å². The van der Waals surface area contributed by atoms with Gasteiger partial charge in [-0.05, 0) is 31.2 Å². The minimum absolute atomic E-state index is 0.124. The summed E-state index contributed by atoms with van der Waals surface area (Å²) in [5.41, 5.74) is 6.95. The predicted octanol–water partition coefficient (Wildman–Crippen LogP) is 4.06. The van der Waals surface area contributed by atoms with E-state index in [1.807, 2.05) is 6.07 Å². The maximum Gasteiger partial charge on any atom is 0.0798 e. The van der Waals surface area contributed by atoms with Crippen molar-refractivity contribution in [2.45, 2.75) is 76.9 Å². The molecular formula is C18H31NO. The first-order valence-electron chi connectivity index (χ1n) is 8.14. The quantitative estimate of drug-likeness (QED) is 0.677. The van der Waals surface area contributed by atoms with Gasteiger partial charge in [-0.2, -0.15) is 0 Å². The van der Waals surface area contributed by atoms with Gasteiger partial charge in [0.05, 0.1) is 5.60 Å². The zero-order valence-corrected chi connectivity index (χ0v) is 13.1. The Bertz CT molecular complexity index is 342. The molecule has 0 saturated heterocycles. The lowest BCUT2D eigenvalue weighted by molar-refractivity contribution is -0.00835. The van der Waals surface area contributed by atoms with Crippen LogP contribution in [0.15, 0.2) is 30.3 Å². The zero-order valence-electron chi connectivity index (χ0n) is 13.1. The first kappa shape index (κ1) is 17.2. The van der Waals surface area contributed by atoms with E-state index in [2.05, 4.69) is 38.1 Å². The third-order valence-corrected chi connectivity index (χ3v) is 4.20. The Balaban J connectivity index is 2.55. The molecule has 0 saturated carbocycles. The molecule has 1 unspecified atom stereocenters. The molecule has 114 valence electrons. The van der Waals surface area contributed by atoms with E-state index in [0.717, 1.165) is 51.4 Å². The molecule has 1 aromatic carbocycles. The fraction of sp³-hybridized carbons (Fsp3) is 0.667. The molecular weight excluding hydrogens is 246 g/mol. The van der Waals surface area contributed by atoms with Crippen LogP contribution < -0.4 is 5.73 Å². The highest BCUT2D eigenvalue weighted by molar-refractivity contribution is 5.15. The van der Waals surface area contributed by atoms with E-state index >= 15 is 0 Å². The Morgan fingerprint density at radius 1 is 1.05 bits per heavy atom. The Kier molecular flexibility index (Phi) is 7.86. The Morgan fingerprint density at radius 2 is 1.60 bits per heavy atom. The topological polar surface area (TPSA) is 46.2 Å². The smallest absolute Gasteiger partial charge is 0.0798 e. The van der Waals surface area contributed by atoms with Crippen LogP contribution in [-0.2, 0) is 6.42 Å². The normalized spacial score (nSPS) is 13.4. The number of benzene rings is 1. The summed E-state index contributed by atoms with van der Waals surface area (Å²) < 4.78 is 0. The van der Waals surface area contributed by atoms with Crippen LogP contribution in [0.4, 0.5) is 0 Å². The van der Waals surface area contributed by atoms with Crippen molar-refractivity contribution >= 4 is 0 Å². The van der Waals surface area contributed by atoms with Crippen molar-refractivity contribution in [1.82, 2.24) is 0 Å². The van der Waals surface area contributed by atoms with E-state index in [0.29, 0.717) is 0 Å². The monoisotopic (exact) mass is 277 g/mol. The molecule has 1 atom stereocenters. The van der Waals surface area contributed by atoms with Crippen LogP contribution >= 0.6 is 0 Å². The van der Waals surface area contributed by atoms with Gasteiger partial charge in [0.2, 0.25) is 0 Å². The van der Waals surface area contributed by atoms with Crippen LogP contribution in [0.5, 0.6) is 0 Å². The Labute approximate surface area is 124 Å². The van der Waals surface area contributed by atoms with E-state index in [1.54, 1.807) is 0 Å². The van der Waals surface area contributed by atoms with Crippen LogP contribution in [0.25, 0.3) is 0 Å². The summed E-state index contributed by atoms with van der Waals surface area (Å²) in [5.74, 6) is 0. The van der Waals surface area contributed by atoms with Crippen molar-refractivity contribution in [2.75, 3.05) is 0 Å².